The summed E-state index contributed by atoms with van der Waals surface area (Å²) in [4.78, 5) is 3.86. The number of halogens is 3. The van der Waals surface area contributed by atoms with Crippen LogP contribution in [0, 0.1) is 11.3 Å². The number of pyridine rings is 1. The van der Waals surface area contributed by atoms with E-state index in [2.05, 4.69) is 4.98 Å². The van der Waals surface area contributed by atoms with Gasteiger partial charge in [0.05, 0.1) is 17.7 Å². The summed E-state index contributed by atoms with van der Waals surface area (Å²) in [6.45, 7) is -3.23. The van der Waals surface area contributed by atoms with Crippen molar-refractivity contribution in [3.8, 4) is 6.07 Å². The Bertz CT molecular complexity index is 389. The largest absolute Gasteiger partial charge is 1.00 e. The molecule has 0 saturated heterocycles. The molecular weight excluding hydrogens is 243 g/mol. The number of hydrogen-bond donors (Lipinski definition) is 0. The summed E-state index contributed by atoms with van der Waals surface area (Å²) in [5.41, 5.74) is 0.546. The smallest absolute Gasteiger partial charge is 0.449 e. The second-order valence-electron chi connectivity index (χ2n) is 3.35. The van der Waals surface area contributed by atoms with Crippen LogP contribution >= 0.6 is 0 Å². The molecule has 0 radical (unpaired) electrons. The molecular formula is C9H9BF3KN2. The van der Waals surface area contributed by atoms with Crippen molar-refractivity contribution in [3.63, 3.8) is 0 Å². The average Bonchev–Trinajstić information content (AvgIpc) is 2.14. The third kappa shape index (κ3) is 5.46. The van der Waals surface area contributed by atoms with Gasteiger partial charge in [-0.25, -0.2) is 0 Å². The van der Waals surface area contributed by atoms with Crippen molar-refractivity contribution in [1.82, 2.24) is 4.98 Å². The Hall–Kier alpha value is 0.131. The molecule has 0 aliphatic heterocycles. The molecule has 0 aliphatic carbocycles. The first kappa shape index (κ1) is 16.1. The Morgan fingerprint density at radius 1 is 1.50 bits per heavy atom. The molecule has 1 unspecified atom stereocenters. The van der Waals surface area contributed by atoms with E-state index in [1.54, 1.807) is 6.92 Å². The molecule has 0 aromatic carbocycles. The fourth-order valence-corrected chi connectivity index (χ4v) is 1.19. The Morgan fingerprint density at radius 3 is 2.62 bits per heavy atom. The van der Waals surface area contributed by atoms with Crippen molar-refractivity contribution in [1.29, 1.82) is 5.26 Å². The van der Waals surface area contributed by atoms with Gasteiger partial charge in [-0.1, -0.05) is 11.9 Å². The molecule has 1 atom stereocenters. The number of aromatic nitrogens is 1. The van der Waals surface area contributed by atoms with Crippen LogP contribution in [0.3, 0.4) is 0 Å². The van der Waals surface area contributed by atoms with Gasteiger partial charge in [0, 0.05) is 6.20 Å². The normalized spacial score (nSPS) is 12.4. The number of hydrogen-bond acceptors (Lipinski definition) is 2. The maximum absolute atomic E-state index is 12.1. The Labute approximate surface area is 135 Å². The first-order valence-corrected chi connectivity index (χ1v) is 4.48. The summed E-state index contributed by atoms with van der Waals surface area (Å²) in [7, 11) is 0. The summed E-state index contributed by atoms with van der Waals surface area (Å²) in [5, 5.41) is 8.60. The molecule has 0 bridgehead atoms. The zero-order valence-corrected chi connectivity index (χ0v) is 12.2. The molecule has 0 aliphatic rings. The van der Waals surface area contributed by atoms with E-state index in [1.807, 2.05) is 6.07 Å². The molecule has 80 valence electrons. The third-order valence-corrected chi connectivity index (χ3v) is 1.95. The number of nitrogens with zero attached hydrogens (tertiary/aromatic N) is 2. The van der Waals surface area contributed by atoms with Crippen LogP contribution in [0.2, 0.25) is 0 Å². The van der Waals surface area contributed by atoms with Gasteiger partial charge in [-0.05, 0) is 19.1 Å². The molecule has 0 fully saturated rings. The summed E-state index contributed by atoms with van der Waals surface area (Å²) >= 11 is 0. The second-order valence-corrected chi connectivity index (χ2v) is 3.35. The topological polar surface area (TPSA) is 36.7 Å². The van der Waals surface area contributed by atoms with Gasteiger partial charge in [-0.2, -0.15) is 5.26 Å². The minimum absolute atomic E-state index is 0. The van der Waals surface area contributed by atoms with E-state index >= 15 is 0 Å². The molecule has 1 rings (SSSR count). The van der Waals surface area contributed by atoms with Crippen molar-refractivity contribution in [2.24, 2.45) is 0 Å². The average molecular weight is 252 g/mol. The van der Waals surface area contributed by atoms with E-state index in [0.29, 0.717) is 5.69 Å². The van der Waals surface area contributed by atoms with Crippen LogP contribution in [-0.2, 0) is 6.32 Å². The molecule has 7 heteroatoms. The van der Waals surface area contributed by atoms with Crippen molar-refractivity contribution in [2.75, 3.05) is 0 Å². The Morgan fingerprint density at radius 2 is 2.12 bits per heavy atom. The Kier molecular flexibility index (Phi) is 6.82. The van der Waals surface area contributed by atoms with Crippen LogP contribution < -0.4 is 51.4 Å². The van der Waals surface area contributed by atoms with Gasteiger partial charge in [-0.15, -0.1) is 0 Å². The summed E-state index contributed by atoms with van der Waals surface area (Å²) in [6, 6.07) is 4.59. The quantitative estimate of drug-likeness (QED) is 0.689. The molecule has 0 N–H and O–H groups in total. The van der Waals surface area contributed by atoms with Crippen molar-refractivity contribution < 1.29 is 64.3 Å². The summed E-state index contributed by atoms with van der Waals surface area (Å²) in [6.07, 6.45) is 0.383. The van der Waals surface area contributed by atoms with E-state index in [1.165, 1.54) is 18.3 Å². The van der Waals surface area contributed by atoms with Gasteiger partial charge in [0.2, 0.25) is 0 Å². The zero-order chi connectivity index (χ0) is 11.5. The molecule has 16 heavy (non-hydrogen) atoms. The van der Waals surface area contributed by atoms with Crippen molar-refractivity contribution in [2.45, 2.75) is 19.2 Å². The molecule has 1 heterocycles. The van der Waals surface area contributed by atoms with Gasteiger partial charge >= 0.3 is 58.4 Å². The van der Waals surface area contributed by atoms with Crippen molar-refractivity contribution >= 4 is 6.98 Å². The van der Waals surface area contributed by atoms with Crippen LogP contribution in [0.5, 0.6) is 0 Å². The fraction of sp³-hybridized carbons (Fsp3) is 0.333. The van der Waals surface area contributed by atoms with Gasteiger partial charge in [0.1, 0.15) is 0 Å². The predicted molar refractivity (Wildman–Crippen MR) is 51.0 cm³/mol. The fourth-order valence-electron chi connectivity index (χ4n) is 1.19. The van der Waals surface area contributed by atoms with Crippen LogP contribution in [0.1, 0.15) is 24.1 Å². The molecule has 0 spiro atoms. The van der Waals surface area contributed by atoms with Gasteiger partial charge in [0.15, 0.2) is 0 Å². The minimum Gasteiger partial charge on any atom is -0.449 e. The molecule has 1 aromatic rings. The Balaban J connectivity index is 0.00000225. The van der Waals surface area contributed by atoms with Crippen LogP contribution in [-0.4, -0.2) is 12.0 Å². The number of nitriles is 1. The zero-order valence-electron chi connectivity index (χ0n) is 9.12. The van der Waals surface area contributed by atoms with Gasteiger partial charge in [-0.3, -0.25) is 4.98 Å². The number of rotatable bonds is 3. The first-order chi connectivity index (χ1) is 6.92. The maximum atomic E-state index is 12.1. The van der Waals surface area contributed by atoms with E-state index < -0.39 is 19.2 Å². The molecule has 0 saturated carbocycles. The standard InChI is InChI=1S/C9H9BF3N2.K/c1-7(6-14)9-4-8(2-3-15-9)5-10(11,12)13;/h2-4,7H,5H2,1H3;/q-1;+1. The maximum Gasteiger partial charge on any atom is 1.00 e. The van der Waals surface area contributed by atoms with Gasteiger partial charge < -0.3 is 12.9 Å². The first-order valence-electron chi connectivity index (χ1n) is 4.48. The minimum atomic E-state index is -4.83. The van der Waals surface area contributed by atoms with Crippen LogP contribution in [0.25, 0.3) is 0 Å². The summed E-state index contributed by atoms with van der Waals surface area (Å²) < 4.78 is 36.4. The third-order valence-electron chi connectivity index (χ3n) is 1.95. The van der Waals surface area contributed by atoms with Crippen molar-refractivity contribution in [3.05, 3.63) is 29.6 Å². The summed E-state index contributed by atoms with van der Waals surface area (Å²) in [5.74, 6) is -0.481. The van der Waals surface area contributed by atoms with Crippen LogP contribution in [0.4, 0.5) is 12.9 Å². The van der Waals surface area contributed by atoms with E-state index in [-0.39, 0.29) is 56.9 Å². The SMILES string of the molecule is CC(C#N)c1cc(C[B-](F)(F)F)ccn1.[K+]. The van der Waals surface area contributed by atoms with E-state index in [9.17, 15) is 12.9 Å². The molecule has 2 nitrogen and oxygen atoms in total. The second kappa shape index (κ2) is 6.77. The van der Waals surface area contributed by atoms with E-state index in [0.717, 1.165) is 0 Å². The molecule has 1 aromatic heterocycles. The van der Waals surface area contributed by atoms with Crippen LogP contribution in [0.15, 0.2) is 18.3 Å². The predicted octanol–water partition coefficient (Wildman–Crippen LogP) is -0.358. The van der Waals surface area contributed by atoms with E-state index in [4.69, 9.17) is 5.26 Å². The monoisotopic (exact) mass is 252 g/mol. The molecule has 0 amide bonds. The van der Waals surface area contributed by atoms with Gasteiger partial charge in [0.25, 0.3) is 0 Å².